The van der Waals surface area contributed by atoms with E-state index in [4.69, 9.17) is 9.84 Å². The number of rotatable bonds is 4. The summed E-state index contributed by atoms with van der Waals surface area (Å²) in [5.74, 6) is -0.863. The highest BCUT2D eigenvalue weighted by Crippen LogP contribution is 2.28. The van der Waals surface area contributed by atoms with E-state index < -0.39 is 5.95 Å². The molecule has 0 atom stereocenters. The summed E-state index contributed by atoms with van der Waals surface area (Å²) in [6.07, 6.45) is 1.26. The van der Waals surface area contributed by atoms with Gasteiger partial charge in [0.2, 0.25) is 0 Å². The summed E-state index contributed by atoms with van der Waals surface area (Å²) in [5.41, 5.74) is 0.314. The molecule has 14 heavy (non-hydrogen) atoms. The fraction of sp³-hybridized carbons (Fsp3) is 0.375. The first-order valence-electron chi connectivity index (χ1n) is 3.76. The SMILES string of the molecule is COCOc1c(F)ncc(Br)c1CO. The lowest BCUT2D eigenvalue weighted by Crippen LogP contribution is -2.05. The average Bonchev–Trinajstić information content (AvgIpc) is 2.19. The van der Waals surface area contributed by atoms with Crippen molar-refractivity contribution in [1.82, 2.24) is 4.98 Å². The van der Waals surface area contributed by atoms with Crippen LogP contribution < -0.4 is 4.74 Å². The molecule has 78 valence electrons. The van der Waals surface area contributed by atoms with Gasteiger partial charge < -0.3 is 14.6 Å². The first-order valence-corrected chi connectivity index (χ1v) is 4.55. The van der Waals surface area contributed by atoms with Crippen LogP contribution in [0.1, 0.15) is 5.56 Å². The molecule has 0 radical (unpaired) electrons. The maximum atomic E-state index is 13.1. The van der Waals surface area contributed by atoms with Gasteiger partial charge in [-0.05, 0) is 15.9 Å². The zero-order chi connectivity index (χ0) is 10.6. The number of hydrogen-bond donors (Lipinski definition) is 1. The molecule has 0 aromatic carbocycles. The highest BCUT2D eigenvalue weighted by atomic mass is 79.9. The number of aromatic nitrogens is 1. The van der Waals surface area contributed by atoms with Crippen molar-refractivity contribution in [2.75, 3.05) is 13.9 Å². The molecule has 0 aliphatic rings. The van der Waals surface area contributed by atoms with Gasteiger partial charge >= 0.3 is 0 Å². The zero-order valence-electron chi connectivity index (χ0n) is 7.46. The van der Waals surface area contributed by atoms with E-state index >= 15 is 0 Å². The maximum Gasteiger partial charge on any atom is 0.255 e. The third kappa shape index (κ3) is 2.40. The molecule has 0 aliphatic carbocycles. The Labute approximate surface area is 88.8 Å². The monoisotopic (exact) mass is 265 g/mol. The lowest BCUT2D eigenvalue weighted by Gasteiger charge is -2.10. The normalized spacial score (nSPS) is 10.3. The number of pyridine rings is 1. The van der Waals surface area contributed by atoms with Crippen LogP contribution in [0.5, 0.6) is 5.75 Å². The number of methoxy groups -OCH3 is 1. The van der Waals surface area contributed by atoms with E-state index in [2.05, 4.69) is 25.7 Å². The first-order chi connectivity index (χ1) is 6.70. The maximum absolute atomic E-state index is 13.1. The van der Waals surface area contributed by atoms with E-state index in [9.17, 15) is 4.39 Å². The molecule has 1 rings (SSSR count). The van der Waals surface area contributed by atoms with Gasteiger partial charge in [-0.25, -0.2) is 4.98 Å². The van der Waals surface area contributed by atoms with Crippen molar-refractivity contribution >= 4 is 15.9 Å². The molecule has 0 saturated heterocycles. The topological polar surface area (TPSA) is 51.6 Å². The van der Waals surface area contributed by atoms with Gasteiger partial charge in [-0.3, -0.25) is 0 Å². The van der Waals surface area contributed by atoms with Gasteiger partial charge in [0.1, 0.15) is 0 Å². The number of aliphatic hydroxyl groups excluding tert-OH is 1. The van der Waals surface area contributed by atoms with Gasteiger partial charge in [-0.1, -0.05) is 0 Å². The molecular weight excluding hydrogens is 257 g/mol. The number of halogens is 2. The summed E-state index contributed by atoms with van der Waals surface area (Å²) in [7, 11) is 1.42. The van der Waals surface area contributed by atoms with Crippen molar-refractivity contribution in [2.24, 2.45) is 0 Å². The smallest absolute Gasteiger partial charge is 0.255 e. The Bertz CT molecular complexity index is 322. The van der Waals surface area contributed by atoms with Crippen molar-refractivity contribution in [3.05, 3.63) is 22.2 Å². The second kappa shape index (κ2) is 5.23. The third-order valence-corrected chi connectivity index (χ3v) is 2.20. The quantitative estimate of drug-likeness (QED) is 0.662. The number of nitrogens with zero attached hydrogens (tertiary/aromatic N) is 1. The summed E-state index contributed by atoms with van der Waals surface area (Å²) >= 11 is 3.12. The first kappa shape index (κ1) is 11.4. The molecule has 0 fully saturated rings. The Morgan fingerprint density at radius 3 is 2.93 bits per heavy atom. The molecule has 0 aliphatic heterocycles. The second-order valence-electron chi connectivity index (χ2n) is 2.41. The van der Waals surface area contributed by atoms with Gasteiger partial charge in [-0.2, -0.15) is 4.39 Å². The number of ether oxygens (including phenoxy) is 2. The van der Waals surface area contributed by atoms with Crippen molar-refractivity contribution < 1.29 is 19.0 Å². The molecule has 0 unspecified atom stereocenters. The molecule has 1 heterocycles. The van der Waals surface area contributed by atoms with E-state index in [-0.39, 0.29) is 19.1 Å². The van der Waals surface area contributed by atoms with Gasteiger partial charge in [-0.15, -0.1) is 0 Å². The fourth-order valence-corrected chi connectivity index (χ4v) is 1.30. The van der Waals surface area contributed by atoms with Crippen molar-refractivity contribution in [1.29, 1.82) is 0 Å². The van der Waals surface area contributed by atoms with E-state index in [0.29, 0.717) is 10.0 Å². The minimum absolute atomic E-state index is 0.0938. The summed E-state index contributed by atoms with van der Waals surface area (Å²) in [6.45, 7) is -0.429. The Morgan fingerprint density at radius 1 is 1.64 bits per heavy atom. The van der Waals surface area contributed by atoms with Crippen LogP contribution >= 0.6 is 15.9 Å². The molecule has 1 aromatic rings. The van der Waals surface area contributed by atoms with Crippen LogP contribution in [0.25, 0.3) is 0 Å². The predicted molar refractivity (Wildman–Crippen MR) is 50.3 cm³/mol. The Hall–Kier alpha value is -0.720. The summed E-state index contributed by atoms with van der Waals surface area (Å²) in [6, 6.07) is 0. The Balaban J connectivity index is 3.03. The van der Waals surface area contributed by atoms with Crippen LogP contribution in [0.3, 0.4) is 0 Å². The minimum Gasteiger partial charge on any atom is -0.462 e. The lowest BCUT2D eigenvalue weighted by molar-refractivity contribution is 0.0458. The van der Waals surface area contributed by atoms with Crippen LogP contribution in [0.15, 0.2) is 10.7 Å². The highest BCUT2D eigenvalue weighted by molar-refractivity contribution is 9.10. The molecule has 0 saturated carbocycles. The van der Waals surface area contributed by atoms with Crippen LogP contribution in [0.2, 0.25) is 0 Å². The summed E-state index contributed by atoms with van der Waals surface area (Å²) < 4.78 is 23.2. The standard InChI is InChI=1S/C8H9BrFNO3/c1-13-4-14-7-5(3-12)6(9)2-11-8(7)10/h2,12H,3-4H2,1H3. The average molecular weight is 266 g/mol. The molecule has 6 heteroatoms. The number of aliphatic hydroxyl groups is 1. The van der Waals surface area contributed by atoms with Crippen LogP contribution in [0.4, 0.5) is 4.39 Å². The third-order valence-electron chi connectivity index (χ3n) is 1.52. The van der Waals surface area contributed by atoms with Crippen LogP contribution in [-0.2, 0) is 11.3 Å². The van der Waals surface area contributed by atoms with Gasteiger partial charge in [0, 0.05) is 23.3 Å². The second-order valence-corrected chi connectivity index (χ2v) is 3.27. The molecule has 1 aromatic heterocycles. The van der Waals surface area contributed by atoms with Crippen molar-refractivity contribution in [3.63, 3.8) is 0 Å². The number of hydrogen-bond acceptors (Lipinski definition) is 4. The van der Waals surface area contributed by atoms with E-state index in [1.54, 1.807) is 0 Å². The molecule has 1 N–H and O–H groups in total. The zero-order valence-corrected chi connectivity index (χ0v) is 9.04. The largest absolute Gasteiger partial charge is 0.462 e. The molecule has 0 spiro atoms. The van der Waals surface area contributed by atoms with Gasteiger partial charge in [0.15, 0.2) is 12.5 Å². The van der Waals surface area contributed by atoms with Gasteiger partial charge in [0.05, 0.1) is 6.61 Å². The van der Waals surface area contributed by atoms with Crippen molar-refractivity contribution in [3.8, 4) is 5.75 Å². The highest BCUT2D eigenvalue weighted by Gasteiger charge is 2.14. The molecule has 0 amide bonds. The van der Waals surface area contributed by atoms with E-state index in [1.165, 1.54) is 13.3 Å². The summed E-state index contributed by atoms with van der Waals surface area (Å²) in [5, 5.41) is 8.98. The predicted octanol–water partition coefficient (Wildman–Crippen LogP) is 1.46. The van der Waals surface area contributed by atoms with E-state index in [1.807, 2.05) is 0 Å². The Kier molecular flexibility index (Phi) is 4.24. The molecule has 4 nitrogen and oxygen atoms in total. The minimum atomic E-state index is -0.769. The van der Waals surface area contributed by atoms with Gasteiger partial charge in [0.25, 0.3) is 5.95 Å². The summed E-state index contributed by atoms with van der Waals surface area (Å²) in [4.78, 5) is 3.43. The molecular formula is C8H9BrFNO3. The van der Waals surface area contributed by atoms with Crippen LogP contribution in [0, 0.1) is 5.95 Å². The van der Waals surface area contributed by atoms with E-state index in [0.717, 1.165) is 0 Å². The lowest BCUT2D eigenvalue weighted by atomic mass is 10.2. The Morgan fingerprint density at radius 2 is 2.36 bits per heavy atom. The van der Waals surface area contributed by atoms with Crippen molar-refractivity contribution in [2.45, 2.75) is 6.61 Å². The van der Waals surface area contributed by atoms with Crippen LogP contribution in [-0.4, -0.2) is 24.0 Å². The molecule has 0 bridgehead atoms. The fourth-order valence-electron chi connectivity index (χ4n) is 0.895.